The third kappa shape index (κ3) is 4.38. The van der Waals surface area contributed by atoms with Gasteiger partial charge < -0.3 is 10.6 Å². The number of pyridine rings is 1. The number of hydrogen-bond donors (Lipinski definition) is 2. The van der Waals surface area contributed by atoms with Crippen molar-refractivity contribution in [1.82, 2.24) is 50.6 Å². The van der Waals surface area contributed by atoms with Crippen LogP contribution >= 0.6 is 11.6 Å². The van der Waals surface area contributed by atoms with Crippen molar-refractivity contribution in [3.8, 4) is 11.4 Å². The molecule has 0 aliphatic carbocycles. The van der Waals surface area contributed by atoms with Gasteiger partial charge >= 0.3 is 6.03 Å². The van der Waals surface area contributed by atoms with E-state index in [1.807, 2.05) is 30.3 Å². The van der Waals surface area contributed by atoms with Crippen molar-refractivity contribution in [1.29, 1.82) is 0 Å². The first-order chi connectivity index (χ1) is 16.6. The fourth-order valence-electron chi connectivity index (χ4n) is 3.30. The fourth-order valence-corrected chi connectivity index (χ4v) is 3.42. The molecule has 0 atom stereocenters. The van der Waals surface area contributed by atoms with E-state index in [4.69, 9.17) is 11.6 Å². The SMILES string of the molecule is O=C(NCc1ncnn1-c1ccc2cccnc2c1)NCc1nnnn1-c1ccc(Cl)c(F)c1. The van der Waals surface area contributed by atoms with Crippen LogP contribution in [0.2, 0.25) is 5.02 Å². The summed E-state index contributed by atoms with van der Waals surface area (Å²) in [4.78, 5) is 20.9. The van der Waals surface area contributed by atoms with Gasteiger partial charge in [0.2, 0.25) is 0 Å². The molecule has 3 heterocycles. The number of carbonyl (C=O) groups excluding carboxylic acids is 1. The Morgan fingerprint density at radius 3 is 2.62 bits per heavy atom. The molecule has 0 unspecified atom stereocenters. The fraction of sp³-hybridized carbons (Fsp3) is 0.0952. The maximum atomic E-state index is 13.8. The van der Waals surface area contributed by atoms with E-state index in [2.05, 4.69) is 41.2 Å². The minimum atomic E-state index is -0.599. The smallest absolute Gasteiger partial charge is 0.315 e. The molecule has 2 aromatic carbocycles. The van der Waals surface area contributed by atoms with Crippen LogP contribution in [0.3, 0.4) is 0 Å². The number of benzene rings is 2. The molecule has 0 fully saturated rings. The van der Waals surface area contributed by atoms with Crippen LogP contribution in [-0.2, 0) is 13.1 Å². The van der Waals surface area contributed by atoms with Gasteiger partial charge in [-0.1, -0.05) is 23.7 Å². The van der Waals surface area contributed by atoms with E-state index in [9.17, 15) is 9.18 Å². The van der Waals surface area contributed by atoms with Gasteiger partial charge in [-0.25, -0.2) is 18.9 Å². The molecule has 3 aromatic heterocycles. The molecule has 0 saturated carbocycles. The van der Waals surface area contributed by atoms with Crippen LogP contribution < -0.4 is 10.6 Å². The zero-order valence-electron chi connectivity index (χ0n) is 17.4. The van der Waals surface area contributed by atoms with E-state index in [0.29, 0.717) is 17.3 Å². The minimum Gasteiger partial charge on any atom is -0.331 e. The normalized spacial score (nSPS) is 11.0. The highest BCUT2D eigenvalue weighted by atomic mass is 35.5. The Bertz CT molecular complexity index is 1480. The number of nitrogens with one attached hydrogen (secondary N) is 2. The van der Waals surface area contributed by atoms with Gasteiger partial charge in [0.25, 0.3) is 0 Å². The maximum Gasteiger partial charge on any atom is 0.315 e. The van der Waals surface area contributed by atoms with Gasteiger partial charge in [0.05, 0.1) is 35.0 Å². The van der Waals surface area contributed by atoms with Gasteiger partial charge in [0.1, 0.15) is 12.1 Å². The van der Waals surface area contributed by atoms with Crippen LogP contribution in [-0.4, -0.2) is 46.0 Å². The Hall–Kier alpha value is -4.45. The highest BCUT2D eigenvalue weighted by molar-refractivity contribution is 6.30. The molecule has 0 spiro atoms. The highest BCUT2D eigenvalue weighted by Crippen LogP contribution is 2.18. The first kappa shape index (κ1) is 21.4. The summed E-state index contributed by atoms with van der Waals surface area (Å²) in [5.41, 5.74) is 1.97. The lowest BCUT2D eigenvalue weighted by molar-refractivity contribution is 0.239. The van der Waals surface area contributed by atoms with Gasteiger partial charge in [-0.2, -0.15) is 9.78 Å². The van der Waals surface area contributed by atoms with Crippen molar-refractivity contribution in [3.63, 3.8) is 0 Å². The molecule has 0 bridgehead atoms. The standard InChI is InChI=1S/C21H16ClFN10O/c22-16-6-5-14(8-17(16)23)33-20(29-30-31-33)11-26-21(34)25-10-19-27-12-28-32(19)15-4-3-13-2-1-7-24-18(13)9-15/h1-9,12H,10-11H2,(H2,25,26,34). The lowest BCUT2D eigenvalue weighted by atomic mass is 10.2. The zero-order valence-corrected chi connectivity index (χ0v) is 18.2. The molecule has 5 rings (SSSR count). The van der Waals surface area contributed by atoms with Crippen LogP contribution in [0.4, 0.5) is 9.18 Å². The van der Waals surface area contributed by atoms with Gasteiger partial charge in [-0.15, -0.1) is 5.10 Å². The predicted octanol–water partition coefficient (Wildman–Crippen LogP) is 2.58. The molecule has 11 nitrogen and oxygen atoms in total. The monoisotopic (exact) mass is 478 g/mol. The van der Waals surface area contributed by atoms with E-state index in [0.717, 1.165) is 16.6 Å². The first-order valence-electron chi connectivity index (χ1n) is 10.1. The summed E-state index contributed by atoms with van der Waals surface area (Å²) < 4.78 is 16.7. The van der Waals surface area contributed by atoms with Crippen molar-refractivity contribution in [2.45, 2.75) is 13.1 Å². The molecule has 2 amide bonds. The second-order valence-corrected chi connectivity index (χ2v) is 7.52. The number of nitrogens with zero attached hydrogens (tertiary/aromatic N) is 8. The van der Waals surface area contributed by atoms with Crippen molar-refractivity contribution >= 4 is 28.5 Å². The molecule has 34 heavy (non-hydrogen) atoms. The molecule has 0 radical (unpaired) electrons. The van der Waals surface area contributed by atoms with Crippen LogP contribution in [0.5, 0.6) is 0 Å². The summed E-state index contributed by atoms with van der Waals surface area (Å²) in [6.07, 6.45) is 3.14. The first-order valence-corrected chi connectivity index (χ1v) is 10.4. The Balaban J connectivity index is 1.22. The third-order valence-corrected chi connectivity index (χ3v) is 5.25. The zero-order chi connectivity index (χ0) is 23.5. The summed E-state index contributed by atoms with van der Waals surface area (Å²) >= 11 is 5.72. The topological polar surface area (TPSA) is 128 Å². The van der Waals surface area contributed by atoms with E-state index in [1.54, 1.807) is 16.9 Å². The summed E-state index contributed by atoms with van der Waals surface area (Å²) in [5, 5.41) is 21.9. The number of amides is 2. The van der Waals surface area contributed by atoms with Crippen LogP contribution in [0, 0.1) is 5.82 Å². The van der Waals surface area contributed by atoms with Crippen molar-refractivity contribution in [2.75, 3.05) is 0 Å². The van der Waals surface area contributed by atoms with Gasteiger partial charge in [-0.3, -0.25) is 4.98 Å². The Morgan fingerprint density at radius 2 is 1.76 bits per heavy atom. The van der Waals surface area contributed by atoms with Crippen LogP contribution in [0.25, 0.3) is 22.3 Å². The number of fused-ring (bicyclic) bond motifs is 1. The Kier molecular flexibility index (Phi) is 5.79. The third-order valence-electron chi connectivity index (χ3n) is 4.95. The van der Waals surface area contributed by atoms with E-state index < -0.39 is 11.8 Å². The Morgan fingerprint density at radius 1 is 0.971 bits per heavy atom. The molecule has 2 N–H and O–H groups in total. The minimum absolute atomic E-state index is 0.00606. The lowest BCUT2D eigenvalue weighted by Crippen LogP contribution is -2.36. The summed E-state index contributed by atoms with van der Waals surface area (Å²) in [6, 6.07) is 13.3. The molecule has 0 saturated heterocycles. The van der Waals surface area contributed by atoms with E-state index in [1.165, 1.54) is 23.1 Å². The number of halogens is 2. The van der Waals surface area contributed by atoms with Gasteiger partial charge in [-0.05, 0) is 40.8 Å². The molecule has 0 aliphatic rings. The van der Waals surface area contributed by atoms with E-state index >= 15 is 0 Å². The number of rotatable bonds is 6. The summed E-state index contributed by atoms with van der Waals surface area (Å²) in [5.74, 6) is 0.244. The van der Waals surface area contributed by atoms with Crippen molar-refractivity contribution in [3.05, 3.63) is 83.5 Å². The summed E-state index contributed by atoms with van der Waals surface area (Å²) in [6.45, 7) is 0.130. The summed E-state index contributed by atoms with van der Waals surface area (Å²) in [7, 11) is 0. The number of urea groups is 1. The number of aromatic nitrogens is 8. The second kappa shape index (κ2) is 9.19. The average molecular weight is 479 g/mol. The van der Waals surface area contributed by atoms with Crippen LogP contribution in [0.1, 0.15) is 11.6 Å². The molecular weight excluding hydrogens is 463 g/mol. The quantitative estimate of drug-likeness (QED) is 0.384. The largest absolute Gasteiger partial charge is 0.331 e. The number of carbonyl (C=O) groups is 1. The van der Waals surface area contributed by atoms with Gasteiger partial charge in [0.15, 0.2) is 11.6 Å². The highest BCUT2D eigenvalue weighted by Gasteiger charge is 2.13. The molecule has 5 aromatic rings. The molecule has 170 valence electrons. The van der Waals surface area contributed by atoms with Crippen molar-refractivity contribution in [2.24, 2.45) is 0 Å². The predicted molar refractivity (Wildman–Crippen MR) is 120 cm³/mol. The number of tetrazole rings is 1. The molecule has 0 aliphatic heterocycles. The number of hydrogen-bond acceptors (Lipinski definition) is 7. The van der Waals surface area contributed by atoms with Gasteiger partial charge in [0, 0.05) is 17.6 Å². The Labute approximate surface area is 196 Å². The van der Waals surface area contributed by atoms with E-state index in [-0.39, 0.29) is 18.1 Å². The van der Waals surface area contributed by atoms with Crippen LogP contribution in [0.15, 0.2) is 61.1 Å². The molecular formula is C21H16ClFN10O. The second-order valence-electron chi connectivity index (χ2n) is 7.11. The van der Waals surface area contributed by atoms with Crippen molar-refractivity contribution < 1.29 is 9.18 Å². The lowest BCUT2D eigenvalue weighted by Gasteiger charge is -2.10. The maximum absolute atomic E-state index is 13.8. The molecule has 13 heteroatoms. The average Bonchev–Trinajstić information content (AvgIpc) is 3.52.